The van der Waals surface area contributed by atoms with Gasteiger partial charge in [-0.1, -0.05) is 34.7 Å². The van der Waals surface area contributed by atoms with E-state index in [0.717, 1.165) is 24.1 Å². The Bertz CT molecular complexity index is 478. The summed E-state index contributed by atoms with van der Waals surface area (Å²) in [7, 11) is 1.80. The third-order valence-corrected chi connectivity index (χ3v) is 3.97. The fraction of sp³-hybridized carbons (Fsp3) is 0.333. The Morgan fingerprint density at radius 1 is 1.56 bits per heavy atom. The highest BCUT2D eigenvalue weighted by atomic mass is 127. The molecule has 0 saturated heterocycles. The van der Waals surface area contributed by atoms with Crippen molar-refractivity contribution >= 4 is 39.9 Å². The molecule has 0 aromatic heterocycles. The molecule has 1 amide bonds. The largest absolute Gasteiger partial charge is 0.314 e. The maximum Gasteiger partial charge on any atom is 0.239 e. The molecule has 0 saturated carbocycles. The van der Waals surface area contributed by atoms with Crippen LogP contribution in [0.5, 0.6) is 0 Å². The second-order valence-electron chi connectivity index (χ2n) is 3.83. The third-order valence-electron chi connectivity index (χ3n) is 2.82. The minimum Gasteiger partial charge on any atom is -0.314 e. The highest BCUT2D eigenvalue weighted by molar-refractivity contribution is 14.1. The van der Waals surface area contributed by atoms with Crippen LogP contribution in [0, 0.1) is 6.57 Å². The molecule has 0 N–H and O–H groups in total. The highest BCUT2D eigenvalue weighted by Crippen LogP contribution is 2.31. The number of benzene rings is 1. The van der Waals surface area contributed by atoms with Gasteiger partial charge in [-0.2, -0.15) is 0 Å². The van der Waals surface area contributed by atoms with Crippen molar-refractivity contribution in [3.63, 3.8) is 0 Å². The van der Waals surface area contributed by atoms with Gasteiger partial charge in [0.2, 0.25) is 5.91 Å². The molecule has 1 aliphatic heterocycles. The second kappa shape index (κ2) is 4.42. The molecular formula is C12H11IN2O. The summed E-state index contributed by atoms with van der Waals surface area (Å²) in [6.45, 7) is 6.99. The quantitative estimate of drug-likeness (QED) is 0.409. The fourth-order valence-corrected chi connectivity index (χ4v) is 2.63. The smallest absolute Gasteiger partial charge is 0.239 e. The standard InChI is InChI=1S/C12H11IN2O/c1-14-9-4-6-11-8(7-9)3-5-10(13)12(16)15(11)2/h4,6-7,10H,3,5H2,2H3. The Kier molecular flexibility index (Phi) is 3.15. The second-order valence-corrected chi connectivity index (χ2v) is 5.33. The molecule has 0 aliphatic carbocycles. The average Bonchev–Trinajstić information content (AvgIpc) is 2.42. The lowest BCUT2D eigenvalue weighted by atomic mass is 10.1. The van der Waals surface area contributed by atoms with Crippen LogP contribution in [0.3, 0.4) is 0 Å². The number of aryl methyl sites for hydroxylation is 1. The molecule has 0 spiro atoms. The number of rotatable bonds is 0. The third kappa shape index (κ3) is 1.92. The van der Waals surface area contributed by atoms with Gasteiger partial charge in [0, 0.05) is 12.7 Å². The Morgan fingerprint density at radius 2 is 2.31 bits per heavy atom. The summed E-state index contributed by atoms with van der Waals surface area (Å²) in [5.74, 6) is 0.148. The van der Waals surface area contributed by atoms with E-state index in [1.165, 1.54) is 0 Å². The van der Waals surface area contributed by atoms with E-state index in [2.05, 4.69) is 27.4 Å². The lowest BCUT2D eigenvalue weighted by Crippen LogP contribution is -2.31. The van der Waals surface area contributed by atoms with Gasteiger partial charge in [0.15, 0.2) is 5.69 Å². The maximum atomic E-state index is 11.9. The van der Waals surface area contributed by atoms with Crippen LogP contribution >= 0.6 is 22.6 Å². The van der Waals surface area contributed by atoms with Crippen molar-refractivity contribution in [1.82, 2.24) is 0 Å². The normalized spacial score (nSPS) is 19.9. The van der Waals surface area contributed by atoms with Crippen LogP contribution in [0.4, 0.5) is 11.4 Å². The molecule has 0 radical (unpaired) electrons. The van der Waals surface area contributed by atoms with Crippen molar-refractivity contribution in [1.29, 1.82) is 0 Å². The molecule has 82 valence electrons. The zero-order valence-electron chi connectivity index (χ0n) is 8.90. The van der Waals surface area contributed by atoms with E-state index >= 15 is 0 Å². The molecule has 2 rings (SSSR count). The molecule has 1 unspecified atom stereocenters. The van der Waals surface area contributed by atoms with Gasteiger partial charge in [0.05, 0.1) is 10.5 Å². The van der Waals surface area contributed by atoms with Crippen LogP contribution < -0.4 is 4.90 Å². The first-order valence-corrected chi connectivity index (χ1v) is 6.30. The zero-order valence-corrected chi connectivity index (χ0v) is 11.1. The first-order valence-electron chi connectivity index (χ1n) is 5.05. The lowest BCUT2D eigenvalue weighted by Gasteiger charge is -2.18. The van der Waals surface area contributed by atoms with Crippen LogP contribution in [-0.2, 0) is 11.2 Å². The van der Waals surface area contributed by atoms with Gasteiger partial charge in [0.1, 0.15) is 0 Å². The minimum absolute atomic E-state index is 0.0337. The molecule has 1 aliphatic rings. The lowest BCUT2D eigenvalue weighted by molar-refractivity contribution is -0.117. The van der Waals surface area contributed by atoms with Gasteiger partial charge in [-0.25, -0.2) is 4.85 Å². The van der Waals surface area contributed by atoms with Gasteiger partial charge < -0.3 is 4.90 Å². The van der Waals surface area contributed by atoms with Crippen molar-refractivity contribution in [2.45, 2.75) is 16.8 Å². The first kappa shape index (κ1) is 11.4. The van der Waals surface area contributed by atoms with Gasteiger partial charge in [-0.05, 0) is 24.5 Å². The topological polar surface area (TPSA) is 24.7 Å². The van der Waals surface area contributed by atoms with E-state index in [9.17, 15) is 4.79 Å². The number of alkyl halides is 1. The Labute approximate surface area is 108 Å². The molecule has 0 fully saturated rings. The predicted molar refractivity (Wildman–Crippen MR) is 72.2 cm³/mol. The van der Waals surface area contributed by atoms with Crippen LogP contribution in [0.1, 0.15) is 12.0 Å². The number of carbonyl (C=O) groups is 1. The van der Waals surface area contributed by atoms with E-state index in [-0.39, 0.29) is 9.83 Å². The first-order chi connectivity index (χ1) is 7.63. The number of carbonyl (C=O) groups excluding carboxylic acids is 1. The highest BCUT2D eigenvalue weighted by Gasteiger charge is 2.25. The van der Waals surface area contributed by atoms with Gasteiger partial charge in [0.25, 0.3) is 0 Å². The summed E-state index contributed by atoms with van der Waals surface area (Å²) in [4.78, 5) is 17.0. The molecule has 0 bridgehead atoms. The molecule has 1 aromatic carbocycles. The van der Waals surface area contributed by atoms with Crippen LogP contribution in [0.2, 0.25) is 0 Å². The number of fused-ring (bicyclic) bond motifs is 1. The average molecular weight is 326 g/mol. The van der Waals surface area contributed by atoms with E-state index in [1.807, 2.05) is 12.1 Å². The molecule has 1 atom stereocenters. The molecule has 4 heteroatoms. The van der Waals surface area contributed by atoms with Crippen molar-refractivity contribution in [3.05, 3.63) is 35.2 Å². The Morgan fingerprint density at radius 3 is 3.00 bits per heavy atom. The van der Waals surface area contributed by atoms with Crippen LogP contribution in [0.25, 0.3) is 4.85 Å². The fourth-order valence-electron chi connectivity index (χ4n) is 1.90. The van der Waals surface area contributed by atoms with Crippen molar-refractivity contribution in [3.8, 4) is 0 Å². The number of anilines is 1. The maximum absolute atomic E-state index is 11.9. The SMILES string of the molecule is [C-]#[N+]c1ccc2c(c1)CCC(I)C(=O)N2C. The Hall–Kier alpha value is -1.09. The van der Waals surface area contributed by atoms with Gasteiger partial charge >= 0.3 is 0 Å². The summed E-state index contributed by atoms with van der Waals surface area (Å²) in [6.07, 6.45) is 1.71. The van der Waals surface area contributed by atoms with Gasteiger partial charge in [-0.3, -0.25) is 4.79 Å². The summed E-state index contributed by atoms with van der Waals surface area (Å²) in [6, 6.07) is 5.53. The summed E-state index contributed by atoms with van der Waals surface area (Å²) >= 11 is 2.19. The minimum atomic E-state index is 0.0337. The summed E-state index contributed by atoms with van der Waals surface area (Å²) in [5, 5.41) is 0. The van der Waals surface area contributed by atoms with Gasteiger partial charge in [-0.15, -0.1) is 0 Å². The predicted octanol–water partition coefficient (Wildman–Crippen LogP) is 2.95. The molecule has 3 nitrogen and oxygen atoms in total. The van der Waals surface area contributed by atoms with E-state index < -0.39 is 0 Å². The monoisotopic (exact) mass is 326 g/mol. The molecule has 1 aromatic rings. The van der Waals surface area contributed by atoms with Crippen LogP contribution in [-0.4, -0.2) is 16.9 Å². The summed E-state index contributed by atoms with van der Waals surface area (Å²) in [5.41, 5.74) is 2.69. The van der Waals surface area contributed by atoms with Crippen molar-refractivity contribution < 1.29 is 4.79 Å². The number of nitrogens with zero attached hydrogens (tertiary/aromatic N) is 2. The van der Waals surface area contributed by atoms with Crippen LogP contribution in [0.15, 0.2) is 18.2 Å². The van der Waals surface area contributed by atoms with E-state index in [1.54, 1.807) is 18.0 Å². The molecule has 1 heterocycles. The Balaban J connectivity index is 2.48. The zero-order chi connectivity index (χ0) is 11.7. The number of hydrogen-bond acceptors (Lipinski definition) is 1. The molecular weight excluding hydrogens is 315 g/mol. The number of halogens is 1. The van der Waals surface area contributed by atoms with E-state index in [0.29, 0.717) is 5.69 Å². The molecule has 16 heavy (non-hydrogen) atoms. The van der Waals surface area contributed by atoms with Crippen molar-refractivity contribution in [2.75, 3.05) is 11.9 Å². The summed E-state index contributed by atoms with van der Waals surface area (Å²) < 4.78 is 0.0337. The van der Waals surface area contributed by atoms with E-state index in [4.69, 9.17) is 6.57 Å². The number of amides is 1. The number of hydrogen-bond donors (Lipinski definition) is 0. The van der Waals surface area contributed by atoms with Crippen molar-refractivity contribution in [2.24, 2.45) is 0 Å².